The molecule has 2 heterocycles. The molecule has 2 fully saturated rings. The molecule has 4 rings (SSSR count). The molecule has 9 heteroatoms. The van der Waals surface area contributed by atoms with Gasteiger partial charge in [-0.2, -0.15) is 5.10 Å². The number of carbonyl (C=O) groups excluding carboxylic acids is 1. The van der Waals surface area contributed by atoms with Gasteiger partial charge in [-0.1, -0.05) is 0 Å². The second-order valence-corrected chi connectivity index (χ2v) is 9.19. The molecule has 1 aromatic carbocycles. The van der Waals surface area contributed by atoms with E-state index in [4.69, 9.17) is 4.74 Å². The quantitative estimate of drug-likeness (QED) is 0.787. The highest BCUT2D eigenvalue weighted by molar-refractivity contribution is 6.06. The number of halogens is 1. The minimum absolute atomic E-state index is 0.0421. The average Bonchev–Trinajstić information content (AvgIpc) is 3.51. The summed E-state index contributed by atoms with van der Waals surface area (Å²) in [6, 6.07) is 3.22. The molecule has 1 amide bonds. The highest BCUT2D eigenvalue weighted by atomic mass is 19.1. The Bertz CT molecular complexity index is 1010. The molecule has 0 radical (unpaired) electrons. The lowest BCUT2D eigenvalue weighted by Crippen LogP contribution is -2.50. The Kier molecular flexibility index (Phi) is 5.45. The fraction of sp³-hybridized carbons (Fsp3) is 0.545. The number of piperidine rings is 1. The number of carboxylic acids is 1. The van der Waals surface area contributed by atoms with Crippen LogP contribution in [0.25, 0.3) is 10.9 Å². The first-order valence-electron chi connectivity index (χ1n) is 10.6. The van der Waals surface area contributed by atoms with Gasteiger partial charge < -0.3 is 19.6 Å². The van der Waals surface area contributed by atoms with Crippen molar-refractivity contribution in [1.82, 2.24) is 15.1 Å². The van der Waals surface area contributed by atoms with Crippen LogP contribution in [0.4, 0.5) is 14.9 Å². The Hall–Kier alpha value is -2.97. The number of nitrogens with zero attached hydrogens (tertiary/aromatic N) is 4. The first-order valence-corrected chi connectivity index (χ1v) is 10.6. The number of fused-ring (bicyclic) bond motifs is 1. The van der Waals surface area contributed by atoms with E-state index in [1.807, 2.05) is 30.6 Å². The van der Waals surface area contributed by atoms with Crippen molar-refractivity contribution in [3.8, 4) is 0 Å². The number of hydrogen-bond acceptors (Lipinski definition) is 6. The lowest BCUT2D eigenvalue weighted by Gasteiger charge is -2.40. The van der Waals surface area contributed by atoms with E-state index < -0.39 is 23.0 Å². The van der Waals surface area contributed by atoms with E-state index >= 15 is 0 Å². The number of carboxylic acid groups (broad SMARTS) is 1. The number of aromatic carboxylic acids is 1. The van der Waals surface area contributed by atoms with Crippen LogP contribution < -0.4 is 4.90 Å². The molecule has 1 N–H and O–H groups in total. The van der Waals surface area contributed by atoms with Crippen molar-refractivity contribution in [3.63, 3.8) is 0 Å². The van der Waals surface area contributed by atoms with Gasteiger partial charge in [-0.15, -0.1) is 5.10 Å². The lowest BCUT2D eigenvalue weighted by atomic mass is 10.0. The fourth-order valence-corrected chi connectivity index (χ4v) is 4.22. The zero-order valence-electron chi connectivity index (χ0n) is 18.0. The van der Waals surface area contributed by atoms with Crippen molar-refractivity contribution in [1.29, 1.82) is 0 Å². The Labute approximate surface area is 180 Å². The lowest BCUT2D eigenvalue weighted by molar-refractivity contribution is 0.0113. The maximum atomic E-state index is 14.6. The van der Waals surface area contributed by atoms with E-state index in [9.17, 15) is 19.1 Å². The molecule has 31 heavy (non-hydrogen) atoms. The molecular formula is C22H27FN4O4. The number of amides is 1. The summed E-state index contributed by atoms with van der Waals surface area (Å²) < 4.78 is 20.3. The molecule has 1 aromatic heterocycles. The Morgan fingerprint density at radius 1 is 1.19 bits per heavy atom. The van der Waals surface area contributed by atoms with Gasteiger partial charge in [0.15, 0.2) is 0 Å². The fourth-order valence-electron chi connectivity index (χ4n) is 4.22. The van der Waals surface area contributed by atoms with Gasteiger partial charge in [-0.05, 0) is 58.6 Å². The van der Waals surface area contributed by atoms with E-state index in [2.05, 4.69) is 10.2 Å². The highest BCUT2D eigenvalue weighted by Gasteiger charge is 2.41. The Balaban J connectivity index is 1.55. The Morgan fingerprint density at radius 2 is 1.84 bits per heavy atom. The highest BCUT2D eigenvalue weighted by Crippen LogP contribution is 2.36. The summed E-state index contributed by atoms with van der Waals surface area (Å²) in [6.45, 7) is 6.81. The molecule has 0 atom stereocenters. The first kappa shape index (κ1) is 21.3. The van der Waals surface area contributed by atoms with Crippen molar-refractivity contribution in [2.75, 3.05) is 18.0 Å². The number of benzene rings is 1. The Morgan fingerprint density at radius 3 is 2.42 bits per heavy atom. The molecular weight excluding hydrogens is 403 g/mol. The minimum Gasteiger partial charge on any atom is -0.478 e. The SMILES string of the molecule is CC(C)(C)OC(=O)N(C1CC1)C1CCN(c2cc(F)c(C(=O)O)c3nnccc23)CC1. The van der Waals surface area contributed by atoms with Gasteiger partial charge in [0.25, 0.3) is 0 Å². The van der Waals surface area contributed by atoms with Crippen molar-refractivity contribution < 1.29 is 23.8 Å². The third-order valence-corrected chi connectivity index (χ3v) is 5.69. The molecule has 1 saturated carbocycles. The van der Waals surface area contributed by atoms with E-state index in [0.717, 1.165) is 25.7 Å². The van der Waals surface area contributed by atoms with E-state index in [1.165, 1.54) is 12.3 Å². The van der Waals surface area contributed by atoms with Crippen LogP contribution >= 0.6 is 0 Å². The first-order chi connectivity index (χ1) is 14.7. The molecule has 1 aliphatic carbocycles. The van der Waals surface area contributed by atoms with Crippen LogP contribution in [0.2, 0.25) is 0 Å². The summed E-state index contributed by atoms with van der Waals surface area (Å²) in [5.74, 6) is -2.20. The summed E-state index contributed by atoms with van der Waals surface area (Å²) >= 11 is 0. The summed E-state index contributed by atoms with van der Waals surface area (Å²) in [7, 11) is 0. The van der Waals surface area contributed by atoms with Crippen molar-refractivity contribution >= 4 is 28.7 Å². The number of rotatable bonds is 4. The second-order valence-electron chi connectivity index (χ2n) is 9.19. The van der Waals surface area contributed by atoms with Crippen LogP contribution in [0.1, 0.15) is 56.8 Å². The van der Waals surface area contributed by atoms with Crippen molar-refractivity contribution in [3.05, 3.63) is 29.7 Å². The standard InChI is InChI=1S/C22H27FN4O4/c1-22(2,3)31-21(30)27(13-4-5-13)14-7-10-26(11-8-14)17-12-16(23)18(20(28)29)19-15(17)6-9-24-25-19/h6,9,12-14H,4-5,7-8,10-11H2,1-3H3,(H,28,29). The predicted octanol–water partition coefficient (Wildman–Crippen LogP) is 3.84. The number of anilines is 1. The van der Waals surface area contributed by atoms with Gasteiger partial charge in [0.2, 0.25) is 0 Å². The molecule has 2 aliphatic rings. The number of hydrogen-bond donors (Lipinski definition) is 1. The van der Waals surface area contributed by atoms with Crippen molar-refractivity contribution in [2.24, 2.45) is 0 Å². The van der Waals surface area contributed by atoms with Crippen LogP contribution in [0.5, 0.6) is 0 Å². The number of carbonyl (C=O) groups is 2. The van der Waals surface area contributed by atoms with E-state index in [0.29, 0.717) is 24.2 Å². The second kappa shape index (κ2) is 7.94. The zero-order valence-corrected chi connectivity index (χ0v) is 18.0. The monoisotopic (exact) mass is 430 g/mol. The summed E-state index contributed by atoms with van der Waals surface area (Å²) in [4.78, 5) is 28.2. The number of ether oxygens (including phenoxy) is 1. The average molecular weight is 430 g/mol. The number of aromatic nitrogens is 2. The maximum Gasteiger partial charge on any atom is 0.410 e. The molecule has 0 spiro atoms. The largest absolute Gasteiger partial charge is 0.478 e. The normalized spacial score (nSPS) is 17.6. The minimum atomic E-state index is -1.37. The van der Waals surface area contributed by atoms with Gasteiger partial charge in [0, 0.05) is 36.2 Å². The molecule has 8 nitrogen and oxygen atoms in total. The van der Waals surface area contributed by atoms with Crippen LogP contribution in [-0.2, 0) is 4.74 Å². The molecule has 1 saturated heterocycles. The van der Waals surface area contributed by atoms with Crippen LogP contribution in [0.15, 0.2) is 18.3 Å². The van der Waals surface area contributed by atoms with Crippen LogP contribution in [0, 0.1) is 5.82 Å². The van der Waals surface area contributed by atoms with Crippen molar-refractivity contribution in [2.45, 2.75) is 64.1 Å². The van der Waals surface area contributed by atoms with E-state index in [-0.39, 0.29) is 23.7 Å². The summed E-state index contributed by atoms with van der Waals surface area (Å²) in [5.41, 5.74) is -0.373. The smallest absolute Gasteiger partial charge is 0.410 e. The molecule has 166 valence electrons. The van der Waals surface area contributed by atoms with Gasteiger partial charge in [0.1, 0.15) is 22.5 Å². The third kappa shape index (κ3) is 4.40. The van der Waals surface area contributed by atoms with Crippen LogP contribution in [0.3, 0.4) is 0 Å². The van der Waals surface area contributed by atoms with Crippen LogP contribution in [-0.4, -0.2) is 63.0 Å². The third-order valence-electron chi connectivity index (χ3n) is 5.69. The topological polar surface area (TPSA) is 95.9 Å². The van der Waals surface area contributed by atoms with Gasteiger partial charge in [-0.3, -0.25) is 0 Å². The summed E-state index contributed by atoms with van der Waals surface area (Å²) in [5, 5.41) is 17.6. The molecule has 1 aliphatic heterocycles. The molecule has 0 unspecified atom stereocenters. The van der Waals surface area contributed by atoms with Gasteiger partial charge in [0.05, 0.1) is 6.20 Å². The molecule has 0 bridgehead atoms. The molecule has 2 aromatic rings. The maximum absolute atomic E-state index is 14.6. The van der Waals surface area contributed by atoms with Gasteiger partial charge in [-0.25, -0.2) is 14.0 Å². The zero-order chi connectivity index (χ0) is 22.3. The van der Waals surface area contributed by atoms with Gasteiger partial charge >= 0.3 is 12.1 Å². The predicted molar refractivity (Wildman–Crippen MR) is 113 cm³/mol. The van der Waals surface area contributed by atoms with E-state index in [1.54, 1.807) is 6.07 Å². The summed E-state index contributed by atoms with van der Waals surface area (Å²) in [6.07, 6.45) is 4.62.